The Balaban J connectivity index is 2.80. The third-order valence-electron chi connectivity index (χ3n) is 2.74. The summed E-state index contributed by atoms with van der Waals surface area (Å²) in [5.74, 6) is 0.659. The molecule has 1 unspecified atom stereocenters. The fourth-order valence-corrected chi connectivity index (χ4v) is 1.83. The van der Waals surface area contributed by atoms with Crippen molar-refractivity contribution in [2.75, 3.05) is 0 Å². The van der Waals surface area contributed by atoms with E-state index < -0.39 is 0 Å². The van der Waals surface area contributed by atoms with Crippen LogP contribution < -0.4 is 0 Å². The summed E-state index contributed by atoms with van der Waals surface area (Å²) in [7, 11) is 0. The first-order valence-corrected chi connectivity index (χ1v) is 5.77. The maximum absolute atomic E-state index is 4.68. The van der Waals surface area contributed by atoms with Crippen molar-refractivity contribution < 1.29 is 0 Å². The highest BCUT2D eigenvalue weighted by atomic mass is 14.7. The molecule has 0 saturated carbocycles. The molecule has 0 aromatic carbocycles. The van der Waals surface area contributed by atoms with E-state index in [0.29, 0.717) is 5.92 Å². The van der Waals surface area contributed by atoms with E-state index >= 15 is 0 Å². The number of hydrogen-bond acceptors (Lipinski definition) is 1. The van der Waals surface area contributed by atoms with Crippen LogP contribution in [0.4, 0.5) is 0 Å². The Bertz CT molecular complexity index is 268. The fourth-order valence-electron chi connectivity index (χ4n) is 1.83. The minimum absolute atomic E-state index is 0.659. The number of aryl methyl sites for hydroxylation is 1. The smallest absolute Gasteiger partial charge is 0.0437 e. The van der Waals surface area contributed by atoms with Gasteiger partial charge in [-0.15, -0.1) is 0 Å². The van der Waals surface area contributed by atoms with E-state index in [1.54, 1.807) is 0 Å². The van der Waals surface area contributed by atoms with Crippen LogP contribution in [-0.4, -0.2) is 4.98 Å². The third-order valence-corrected chi connectivity index (χ3v) is 2.74. The van der Waals surface area contributed by atoms with Gasteiger partial charge < -0.3 is 0 Å². The van der Waals surface area contributed by atoms with Gasteiger partial charge in [0.1, 0.15) is 0 Å². The molecule has 0 N–H and O–H groups in total. The molecule has 0 amide bonds. The summed E-state index contributed by atoms with van der Waals surface area (Å²) in [6.07, 6.45) is 4.75. The fraction of sp³-hybridized carbons (Fsp3) is 0.615. The monoisotopic (exact) mass is 191 g/mol. The summed E-state index contributed by atoms with van der Waals surface area (Å²) in [5.41, 5.74) is 2.51. The first-order valence-electron chi connectivity index (χ1n) is 5.77. The first-order chi connectivity index (χ1) is 6.81. The van der Waals surface area contributed by atoms with Gasteiger partial charge in [0, 0.05) is 17.3 Å². The lowest BCUT2D eigenvalue weighted by Gasteiger charge is -2.13. The third kappa shape index (κ3) is 2.83. The Labute approximate surface area is 87.6 Å². The number of pyridine rings is 1. The lowest BCUT2D eigenvalue weighted by Crippen LogP contribution is -2.01. The topological polar surface area (TPSA) is 12.9 Å². The van der Waals surface area contributed by atoms with E-state index in [1.807, 2.05) is 0 Å². The van der Waals surface area contributed by atoms with Crippen LogP contribution in [-0.2, 0) is 6.42 Å². The Morgan fingerprint density at radius 1 is 1.21 bits per heavy atom. The van der Waals surface area contributed by atoms with Crippen LogP contribution >= 0.6 is 0 Å². The summed E-state index contributed by atoms with van der Waals surface area (Å²) in [6.45, 7) is 6.65. The average molecular weight is 191 g/mol. The van der Waals surface area contributed by atoms with Gasteiger partial charge in [-0.25, -0.2) is 0 Å². The van der Waals surface area contributed by atoms with Crippen LogP contribution in [0.1, 0.15) is 57.3 Å². The quantitative estimate of drug-likeness (QED) is 0.687. The van der Waals surface area contributed by atoms with E-state index in [-0.39, 0.29) is 0 Å². The number of nitrogens with zero attached hydrogens (tertiary/aromatic N) is 1. The molecule has 14 heavy (non-hydrogen) atoms. The summed E-state index contributed by atoms with van der Waals surface area (Å²) in [5, 5.41) is 0. The zero-order valence-corrected chi connectivity index (χ0v) is 9.59. The molecule has 0 bridgehead atoms. The standard InChI is InChI=1S/C13H21N/c1-4-8-11(5-2)13-10-7-9-12(6-3)14-13/h7,9-11H,4-6,8H2,1-3H3. The molecule has 1 heteroatoms. The maximum Gasteiger partial charge on any atom is 0.0437 e. The van der Waals surface area contributed by atoms with Crippen molar-refractivity contribution in [2.24, 2.45) is 0 Å². The van der Waals surface area contributed by atoms with Gasteiger partial charge in [-0.1, -0.05) is 33.3 Å². The van der Waals surface area contributed by atoms with E-state index in [9.17, 15) is 0 Å². The number of aromatic nitrogens is 1. The molecule has 1 aromatic rings. The molecule has 0 radical (unpaired) electrons. The molecule has 1 heterocycles. The van der Waals surface area contributed by atoms with Gasteiger partial charge in [-0.3, -0.25) is 4.98 Å². The zero-order chi connectivity index (χ0) is 10.4. The molecule has 0 aliphatic carbocycles. The van der Waals surface area contributed by atoms with Crippen molar-refractivity contribution in [3.8, 4) is 0 Å². The van der Waals surface area contributed by atoms with E-state index in [4.69, 9.17) is 0 Å². The van der Waals surface area contributed by atoms with Crippen molar-refractivity contribution in [2.45, 2.75) is 52.4 Å². The van der Waals surface area contributed by atoms with Crippen molar-refractivity contribution in [3.63, 3.8) is 0 Å². The minimum atomic E-state index is 0.659. The molecule has 1 atom stereocenters. The van der Waals surface area contributed by atoms with E-state index in [0.717, 1.165) is 6.42 Å². The van der Waals surface area contributed by atoms with Gasteiger partial charge >= 0.3 is 0 Å². The number of hydrogen-bond donors (Lipinski definition) is 0. The zero-order valence-electron chi connectivity index (χ0n) is 9.59. The highest BCUT2D eigenvalue weighted by Gasteiger charge is 2.09. The first kappa shape index (κ1) is 11.2. The van der Waals surface area contributed by atoms with Gasteiger partial charge in [0.15, 0.2) is 0 Å². The van der Waals surface area contributed by atoms with Crippen LogP contribution in [0.2, 0.25) is 0 Å². The van der Waals surface area contributed by atoms with Gasteiger partial charge in [-0.2, -0.15) is 0 Å². The molecule has 0 aliphatic rings. The summed E-state index contributed by atoms with van der Waals surface area (Å²) in [6, 6.07) is 6.42. The summed E-state index contributed by atoms with van der Waals surface area (Å²) in [4.78, 5) is 4.68. The van der Waals surface area contributed by atoms with Crippen molar-refractivity contribution in [1.29, 1.82) is 0 Å². The van der Waals surface area contributed by atoms with Gasteiger partial charge in [0.2, 0.25) is 0 Å². The lowest BCUT2D eigenvalue weighted by atomic mass is 9.96. The summed E-state index contributed by atoms with van der Waals surface area (Å²) >= 11 is 0. The molecule has 0 saturated heterocycles. The highest BCUT2D eigenvalue weighted by molar-refractivity contribution is 5.14. The lowest BCUT2D eigenvalue weighted by molar-refractivity contribution is 0.579. The predicted octanol–water partition coefficient (Wildman–Crippen LogP) is 3.94. The molecule has 0 fully saturated rings. The maximum atomic E-state index is 4.68. The molecular formula is C13H21N. The summed E-state index contributed by atoms with van der Waals surface area (Å²) < 4.78 is 0. The van der Waals surface area contributed by atoms with Gasteiger partial charge in [-0.05, 0) is 31.4 Å². The van der Waals surface area contributed by atoms with Gasteiger partial charge in [0.25, 0.3) is 0 Å². The largest absolute Gasteiger partial charge is 0.258 e. The normalized spacial score (nSPS) is 12.8. The average Bonchev–Trinajstić information content (AvgIpc) is 2.26. The second kappa shape index (κ2) is 5.79. The Morgan fingerprint density at radius 3 is 2.57 bits per heavy atom. The second-order valence-corrected chi connectivity index (χ2v) is 3.80. The molecule has 1 nitrogen and oxygen atoms in total. The van der Waals surface area contributed by atoms with Crippen LogP contribution in [0.15, 0.2) is 18.2 Å². The molecule has 1 aromatic heterocycles. The Morgan fingerprint density at radius 2 is 2.00 bits per heavy atom. The van der Waals surface area contributed by atoms with E-state index in [1.165, 1.54) is 30.7 Å². The molecule has 0 aliphatic heterocycles. The molecule has 78 valence electrons. The van der Waals surface area contributed by atoms with Crippen LogP contribution in [0.5, 0.6) is 0 Å². The molecular weight excluding hydrogens is 170 g/mol. The van der Waals surface area contributed by atoms with Crippen molar-refractivity contribution in [3.05, 3.63) is 29.6 Å². The Hall–Kier alpha value is -0.850. The van der Waals surface area contributed by atoms with Crippen LogP contribution in [0.25, 0.3) is 0 Å². The predicted molar refractivity (Wildman–Crippen MR) is 61.6 cm³/mol. The molecule has 0 spiro atoms. The van der Waals surface area contributed by atoms with Crippen LogP contribution in [0, 0.1) is 0 Å². The number of rotatable bonds is 5. The second-order valence-electron chi connectivity index (χ2n) is 3.80. The van der Waals surface area contributed by atoms with E-state index in [2.05, 4.69) is 44.0 Å². The minimum Gasteiger partial charge on any atom is -0.258 e. The van der Waals surface area contributed by atoms with Gasteiger partial charge in [0.05, 0.1) is 0 Å². The van der Waals surface area contributed by atoms with Crippen molar-refractivity contribution >= 4 is 0 Å². The Kier molecular flexibility index (Phi) is 4.64. The highest BCUT2D eigenvalue weighted by Crippen LogP contribution is 2.22. The van der Waals surface area contributed by atoms with Crippen LogP contribution in [0.3, 0.4) is 0 Å². The SMILES string of the molecule is CCCC(CC)c1cccc(CC)n1. The molecule has 1 rings (SSSR count). The van der Waals surface area contributed by atoms with Crippen molar-refractivity contribution in [1.82, 2.24) is 4.98 Å².